The molecular weight excluding hydrogens is 262 g/mol. The van der Waals surface area contributed by atoms with Gasteiger partial charge in [-0.15, -0.1) is 0 Å². The summed E-state index contributed by atoms with van der Waals surface area (Å²) in [6.07, 6.45) is 3.60. The first-order valence-electron chi connectivity index (χ1n) is 5.62. The maximum absolute atomic E-state index is 11.9. The Kier molecular flexibility index (Phi) is 5.95. The van der Waals surface area contributed by atoms with E-state index in [0.29, 0.717) is 6.41 Å². The maximum atomic E-state index is 11.9. The van der Waals surface area contributed by atoms with Crippen molar-refractivity contribution in [1.29, 1.82) is 0 Å². The van der Waals surface area contributed by atoms with Crippen LogP contribution >= 0.6 is 0 Å². The molecule has 6 heteroatoms. The number of hydrogen-bond donors (Lipinski definition) is 0. The fourth-order valence-electron chi connectivity index (χ4n) is 1.12. The standard InChI is InChI=1S/C13H17N3O2S/c1-12-4-6-13(7-5-12)19(18)9-8-16(3)14-10-15(2)11-17/h4-11H,1-3H3/b9-8+,14-10-. The Bertz CT molecular complexity index is 497. The second-order valence-corrected chi connectivity index (χ2v) is 5.31. The topological polar surface area (TPSA) is 53.0 Å². The van der Waals surface area contributed by atoms with E-state index in [-0.39, 0.29) is 0 Å². The zero-order valence-electron chi connectivity index (χ0n) is 11.2. The Morgan fingerprint density at radius 3 is 2.42 bits per heavy atom. The van der Waals surface area contributed by atoms with E-state index in [4.69, 9.17) is 0 Å². The van der Waals surface area contributed by atoms with Crippen molar-refractivity contribution in [3.8, 4) is 0 Å². The van der Waals surface area contributed by atoms with Crippen LogP contribution in [0.2, 0.25) is 0 Å². The van der Waals surface area contributed by atoms with Crippen molar-refractivity contribution in [1.82, 2.24) is 9.91 Å². The number of amides is 1. The van der Waals surface area contributed by atoms with Crippen LogP contribution in [0.1, 0.15) is 5.56 Å². The first kappa shape index (κ1) is 15.1. The van der Waals surface area contributed by atoms with E-state index in [2.05, 4.69) is 5.10 Å². The van der Waals surface area contributed by atoms with E-state index in [9.17, 15) is 9.00 Å². The molecule has 102 valence electrons. The molecule has 0 aliphatic rings. The van der Waals surface area contributed by atoms with E-state index < -0.39 is 10.8 Å². The summed E-state index contributed by atoms with van der Waals surface area (Å²) >= 11 is 0. The molecule has 0 aliphatic heterocycles. The van der Waals surface area contributed by atoms with Crippen LogP contribution in [0.15, 0.2) is 45.9 Å². The van der Waals surface area contributed by atoms with E-state index in [1.165, 1.54) is 16.2 Å². The van der Waals surface area contributed by atoms with Crippen LogP contribution in [0.5, 0.6) is 0 Å². The van der Waals surface area contributed by atoms with Gasteiger partial charge in [-0.3, -0.25) is 9.80 Å². The van der Waals surface area contributed by atoms with Gasteiger partial charge in [-0.25, -0.2) is 4.21 Å². The highest BCUT2D eigenvalue weighted by Crippen LogP contribution is 2.09. The van der Waals surface area contributed by atoms with Crippen molar-refractivity contribution >= 4 is 23.5 Å². The highest BCUT2D eigenvalue weighted by molar-refractivity contribution is 7.88. The van der Waals surface area contributed by atoms with Crippen molar-refractivity contribution in [3.05, 3.63) is 41.4 Å². The summed E-state index contributed by atoms with van der Waals surface area (Å²) in [5.41, 5.74) is 1.13. The van der Waals surface area contributed by atoms with Crippen LogP contribution in [0.3, 0.4) is 0 Å². The van der Waals surface area contributed by atoms with Gasteiger partial charge in [0, 0.05) is 30.6 Å². The molecule has 0 aromatic heterocycles. The van der Waals surface area contributed by atoms with Crippen LogP contribution in [-0.2, 0) is 15.6 Å². The monoisotopic (exact) mass is 279 g/mol. The van der Waals surface area contributed by atoms with E-state index in [1.807, 2.05) is 31.2 Å². The average Bonchev–Trinajstić information content (AvgIpc) is 2.42. The Labute approximate surface area is 115 Å². The molecule has 19 heavy (non-hydrogen) atoms. The molecule has 0 spiro atoms. The highest BCUT2D eigenvalue weighted by atomic mass is 32.2. The summed E-state index contributed by atoms with van der Waals surface area (Å²) in [6, 6.07) is 7.50. The van der Waals surface area contributed by atoms with E-state index >= 15 is 0 Å². The average molecular weight is 279 g/mol. The van der Waals surface area contributed by atoms with Gasteiger partial charge in [0.15, 0.2) is 0 Å². The van der Waals surface area contributed by atoms with Crippen molar-refractivity contribution in [2.75, 3.05) is 14.1 Å². The molecule has 1 aromatic rings. The lowest BCUT2D eigenvalue weighted by Gasteiger charge is -2.07. The number of rotatable bonds is 6. The molecule has 0 N–H and O–H groups in total. The van der Waals surface area contributed by atoms with Crippen LogP contribution < -0.4 is 0 Å². The lowest BCUT2D eigenvalue weighted by Crippen LogP contribution is -2.15. The number of carbonyl (C=O) groups excluding carboxylic acids is 1. The Balaban J connectivity index is 2.61. The van der Waals surface area contributed by atoms with E-state index in [0.717, 1.165) is 10.5 Å². The summed E-state index contributed by atoms with van der Waals surface area (Å²) in [4.78, 5) is 12.4. The third-order valence-corrected chi connectivity index (χ3v) is 3.34. The zero-order valence-corrected chi connectivity index (χ0v) is 12.0. The van der Waals surface area contributed by atoms with Gasteiger partial charge in [-0.1, -0.05) is 17.7 Å². The van der Waals surface area contributed by atoms with Gasteiger partial charge in [-0.05, 0) is 19.1 Å². The molecule has 1 atom stereocenters. The molecule has 1 aromatic carbocycles. The maximum Gasteiger partial charge on any atom is 0.214 e. The molecule has 0 saturated heterocycles. The molecule has 1 amide bonds. The molecule has 0 aliphatic carbocycles. The predicted octanol–water partition coefficient (Wildman–Crippen LogP) is 1.54. The first-order valence-corrected chi connectivity index (χ1v) is 6.84. The second kappa shape index (κ2) is 7.48. The van der Waals surface area contributed by atoms with Crippen LogP contribution in [0, 0.1) is 6.92 Å². The summed E-state index contributed by atoms with van der Waals surface area (Å²) in [5.74, 6) is 0. The largest absolute Gasteiger partial charge is 0.307 e. The fourth-order valence-corrected chi connectivity index (χ4v) is 1.97. The van der Waals surface area contributed by atoms with Crippen LogP contribution in [0.25, 0.3) is 0 Å². The number of benzene rings is 1. The lowest BCUT2D eigenvalue weighted by molar-refractivity contribution is -0.113. The van der Waals surface area contributed by atoms with Gasteiger partial charge >= 0.3 is 0 Å². The normalized spacial score (nSPS) is 12.8. The van der Waals surface area contributed by atoms with Gasteiger partial charge < -0.3 is 4.90 Å². The molecule has 1 unspecified atom stereocenters. The number of carbonyl (C=O) groups is 1. The number of aryl methyl sites for hydroxylation is 1. The predicted molar refractivity (Wildman–Crippen MR) is 76.8 cm³/mol. The first-order chi connectivity index (χ1) is 9.02. The zero-order chi connectivity index (χ0) is 14.3. The minimum Gasteiger partial charge on any atom is -0.307 e. The van der Waals surface area contributed by atoms with Gasteiger partial charge in [0.1, 0.15) is 6.34 Å². The molecule has 0 saturated carbocycles. The molecule has 1 rings (SSSR count). The number of hydrazone groups is 1. The summed E-state index contributed by atoms with van der Waals surface area (Å²) < 4.78 is 11.9. The van der Waals surface area contributed by atoms with Crippen LogP contribution in [0.4, 0.5) is 0 Å². The molecule has 0 bridgehead atoms. The molecule has 5 nitrogen and oxygen atoms in total. The molecule has 0 heterocycles. The molecule has 0 radical (unpaired) electrons. The summed E-state index contributed by atoms with van der Waals surface area (Å²) in [6.45, 7) is 1.98. The van der Waals surface area contributed by atoms with Gasteiger partial charge in [0.05, 0.1) is 10.8 Å². The van der Waals surface area contributed by atoms with Crippen molar-refractivity contribution in [2.24, 2.45) is 5.10 Å². The van der Waals surface area contributed by atoms with Crippen molar-refractivity contribution < 1.29 is 9.00 Å². The smallest absolute Gasteiger partial charge is 0.214 e. The Hall–Kier alpha value is -1.95. The number of nitrogens with zero attached hydrogens (tertiary/aromatic N) is 3. The lowest BCUT2D eigenvalue weighted by atomic mass is 10.2. The highest BCUT2D eigenvalue weighted by Gasteiger charge is 1.98. The summed E-state index contributed by atoms with van der Waals surface area (Å²) in [5, 5.41) is 6.98. The van der Waals surface area contributed by atoms with E-state index in [1.54, 1.807) is 25.7 Å². The second-order valence-electron chi connectivity index (χ2n) is 3.97. The van der Waals surface area contributed by atoms with Crippen LogP contribution in [-0.4, -0.2) is 41.0 Å². The Morgan fingerprint density at radius 1 is 1.21 bits per heavy atom. The van der Waals surface area contributed by atoms with Gasteiger partial charge in [-0.2, -0.15) is 5.10 Å². The van der Waals surface area contributed by atoms with Gasteiger partial charge in [0.2, 0.25) is 6.41 Å². The quantitative estimate of drug-likeness (QED) is 0.343. The minimum absolute atomic E-state index is 0.644. The number of hydrogen-bond acceptors (Lipinski definition) is 4. The SMILES string of the molecule is Cc1ccc(S(=O)/C=C/N(C)/N=C\N(C)C=O)cc1. The van der Waals surface area contributed by atoms with Crippen molar-refractivity contribution in [2.45, 2.75) is 11.8 Å². The summed E-state index contributed by atoms with van der Waals surface area (Å²) in [7, 11) is 2.07. The minimum atomic E-state index is -1.21. The Morgan fingerprint density at radius 2 is 1.84 bits per heavy atom. The molecular formula is C13H17N3O2S. The third kappa shape index (κ3) is 5.48. The fraction of sp³-hybridized carbons (Fsp3) is 0.231. The molecule has 0 fully saturated rings. The third-order valence-electron chi connectivity index (χ3n) is 2.24. The van der Waals surface area contributed by atoms with Gasteiger partial charge in [0.25, 0.3) is 0 Å². The van der Waals surface area contributed by atoms with Crippen molar-refractivity contribution in [3.63, 3.8) is 0 Å².